The molecule has 2 amide bonds. The molecule has 6 nitrogen and oxygen atoms in total. The van der Waals surface area contributed by atoms with Crippen LogP contribution in [0.15, 0.2) is 42.5 Å². The van der Waals surface area contributed by atoms with Crippen molar-refractivity contribution in [1.82, 2.24) is 0 Å². The second kappa shape index (κ2) is 11.4. The lowest BCUT2D eigenvalue weighted by Crippen LogP contribution is -2.32. The predicted molar refractivity (Wildman–Crippen MR) is 140 cm³/mol. The molecule has 0 aromatic heterocycles. The Kier molecular flexibility index (Phi) is 8.59. The van der Waals surface area contributed by atoms with E-state index < -0.39 is 0 Å². The van der Waals surface area contributed by atoms with Gasteiger partial charge in [-0.2, -0.15) is 0 Å². The Hall–Kier alpha value is -3.02. The molecule has 0 bridgehead atoms. The number of ether oxygens (including phenoxy) is 1. The number of benzene rings is 2. The highest BCUT2D eigenvalue weighted by atomic mass is 16.5. The van der Waals surface area contributed by atoms with Gasteiger partial charge in [-0.3, -0.25) is 4.79 Å². The van der Waals surface area contributed by atoms with E-state index in [0.29, 0.717) is 18.4 Å². The molecule has 2 aromatic carbocycles. The topological polar surface area (TPSA) is 70.7 Å². The van der Waals surface area contributed by atoms with Gasteiger partial charge in [-0.15, -0.1) is 0 Å². The van der Waals surface area contributed by atoms with Crippen molar-refractivity contribution < 1.29 is 14.3 Å². The molecule has 0 heterocycles. The molecule has 1 fully saturated rings. The Bertz CT molecular complexity index is 992. The van der Waals surface area contributed by atoms with Crippen LogP contribution in [0.2, 0.25) is 0 Å². The molecule has 184 valence electrons. The number of carbonyl (C=O) groups is 2. The zero-order valence-corrected chi connectivity index (χ0v) is 21.4. The van der Waals surface area contributed by atoms with Crippen LogP contribution >= 0.6 is 0 Å². The Labute approximate surface area is 204 Å². The van der Waals surface area contributed by atoms with E-state index >= 15 is 0 Å². The van der Waals surface area contributed by atoms with Crippen molar-refractivity contribution in [3.63, 3.8) is 0 Å². The van der Waals surface area contributed by atoms with Crippen LogP contribution in [0.25, 0.3) is 0 Å². The smallest absolute Gasteiger partial charge is 0.323 e. The summed E-state index contributed by atoms with van der Waals surface area (Å²) in [6, 6.07) is 13.7. The van der Waals surface area contributed by atoms with Gasteiger partial charge < -0.3 is 20.3 Å². The molecule has 1 aliphatic carbocycles. The minimum Gasteiger partial charge on any atom is -0.466 e. The fraction of sp³-hybridized carbons (Fsp3) is 0.500. The number of anilines is 3. The Morgan fingerprint density at radius 3 is 2.26 bits per heavy atom. The fourth-order valence-corrected chi connectivity index (χ4v) is 4.38. The maximum Gasteiger partial charge on any atom is 0.323 e. The van der Waals surface area contributed by atoms with Gasteiger partial charge >= 0.3 is 12.0 Å². The second-order valence-electron chi connectivity index (χ2n) is 10.1. The third-order valence-corrected chi connectivity index (χ3v) is 5.98. The lowest BCUT2D eigenvalue weighted by Gasteiger charge is -2.31. The van der Waals surface area contributed by atoms with E-state index in [4.69, 9.17) is 4.74 Å². The third kappa shape index (κ3) is 6.75. The summed E-state index contributed by atoms with van der Waals surface area (Å²) in [5.74, 6) is 0.857. The van der Waals surface area contributed by atoms with Gasteiger partial charge in [0.25, 0.3) is 0 Å². The summed E-state index contributed by atoms with van der Waals surface area (Å²) in [6.07, 6.45) is 0.786. The zero-order valence-electron chi connectivity index (χ0n) is 21.4. The number of hydrogen-bond donors (Lipinski definition) is 2. The first kappa shape index (κ1) is 25.6. The molecule has 1 aliphatic rings. The summed E-state index contributed by atoms with van der Waals surface area (Å²) in [5, 5.41) is 6.07. The van der Waals surface area contributed by atoms with E-state index in [-0.39, 0.29) is 23.8 Å². The molecular weight excluding hydrogens is 426 g/mol. The van der Waals surface area contributed by atoms with Gasteiger partial charge in [-0.25, -0.2) is 4.79 Å². The number of urea groups is 1. The summed E-state index contributed by atoms with van der Waals surface area (Å²) in [6.45, 7) is 14.8. The molecule has 0 saturated heterocycles. The van der Waals surface area contributed by atoms with Crippen LogP contribution in [0.4, 0.5) is 21.9 Å². The molecule has 0 aliphatic heterocycles. The number of amides is 2. The molecule has 0 spiro atoms. The molecule has 2 atom stereocenters. The van der Waals surface area contributed by atoms with Crippen LogP contribution in [-0.4, -0.2) is 31.7 Å². The summed E-state index contributed by atoms with van der Waals surface area (Å²) < 4.78 is 5.21. The first-order chi connectivity index (χ1) is 16.2. The number of aryl methyl sites for hydroxylation is 1. The second-order valence-corrected chi connectivity index (χ2v) is 10.1. The van der Waals surface area contributed by atoms with Crippen LogP contribution in [0, 0.1) is 24.7 Å². The van der Waals surface area contributed by atoms with Crippen LogP contribution in [0.3, 0.4) is 0 Å². The minimum absolute atomic E-state index is 0.0955. The van der Waals surface area contributed by atoms with E-state index in [1.54, 1.807) is 0 Å². The highest BCUT2D eigenvalue weighted by Crippen LogP contribution is 2.49. The average molecular weight is 466 g/mol. The maximum atomic E-state index is 13.0. The quantitative estimate of drug-likeness (QED) is 0.397. The van der Waals surface area contributed by atoms with Gasteiger partial charge in [-0.1, -0.05) is 52.0 Å². The SMILES string of the molecule is CCOC(=O)C1CC1c1ccc(N(CC(C)C)CC(C)C)c(NC(=O)Nc2ccccc2C)c1. The minimum atomic E-state index is -0.278. The molecule has 34 heavy (non-hydrogen) atoms. The number of carbonyl (C=O) groups excluding carboxylic acids is 2. The molecule has 2 unspecified atom stereocenters. The largest absolute Gasteiger partial charge is 0.466 e. The van der Waals surface area contributed by atoms with E-state index in [1.165, 1.54) is 0 Å². The standard InChI is InChI=1S/C28H39N3O3/c1-7-34-27(32)23-15-22(23)21-12-13-26(31(16-18(2)3)17-19(4)5)25(14-21)30-28(33)29-24-11-9-8-10-20(24)6/h8-14,18-19,22-23H,7,15-17H2,1-6H3,(H2,29,30,33). The van der Waals surface area contributed by atoms with Gasteiger partial charge in [0.2, 0.25) is 0 Å². The summed E-state index contributed by atoms with van der Waals surface area (Å²) in [7, 11) is 0. The summed E-state index contributed by atoms with van der Waals surface area (Å²) in [5.41, 5.74) is 4.60. The molecular formula is C28H39N3O3. The van der Waals surface area contributed by atoms with Gasteiger partial charge in [0, 0.05) is 18.8 Å². The zero-order chi connectivity index (χ0) is 24.8. The molecule has 0 radical (unpaired) electrons. The number of hydrogen-bond acceptors (Lipinski definition) is 4. The number of rotatable bonds is 10. The van der Waals surface area contributed by atoms with Crippen LogP contribution < -0.4 is 15.5 Å². The first-order valence-corrected chi connectivity index (χ1v) is 12.4. The van der Waals surface area contributed by atoms with Gasteiger partial charge in [0.1, 0.15) is 0 Å². The van der Waals surface area contributed by atoms with Gasteiger partial charge in [-0.05, 0) is 67.3 Å². The summed E-state index contributed by atoms with van der Waals surface area (Å²) in [4.78, 5) is 27.5. The summed E-state index contributed by atoms with van der Waals surface area (Å²) >= 11 is 0. The van der Waals surface area contributed by atoms with Crippen molar-refractivity contribution in [1.29, 1.82) is 0 Å². The van der Waals surface area contributed by atoms with Gasteiger partial charge in [0.15, 0.2) is 0 Å². The van der Waals surface area contributed by atoms with Crippen molar-refractivity contribution >= 4 is 29.1 Å². The predicted octanol–water partition coefficient (Wildman–Crippen LogP) is 6.42. The molecule has 2 N–H and O–H groups in total. The lowest BCUT2D eigenvalue weighted by atomic mass is 10.0. The van der Waals surface area contributed by atoms with Crippen LogP contribution in [-0.2, 0) is 9.53 Å². The normalized spacial score (nSPS) is 16.9. The van der Waals surface area contributed by atoms with Crippen molar-refractivity contribution in [3.05, 3.63) is 53.6 Å². The fourth-order valence-electron chi connectivity index (χ4n) is 4.38. The van der Waals surface area contributed by atoms with E-state index in [9.17, 15) is 9.59 Å². The van der Waals surface area contributed by atoms with Crippen molar-refractivity contribution in [3.8, 4) is 0 Å². The van der Waals surface area contributed by atoms with E-state index in [2.05, 4.69) is 55.4 Å². The molecule has 2 aromatic rings. The Balaban J connectivity index is 1.89. The van der Waals surface area contributed by atoms with Crippen molar-refractivity contribution in [2.45, 2.75) is 53.9 Å². The van der Waals surface area contributed by atoms with Crippen molar-refractivity contribution in [2.24, 2.45) is 17.8 Å². The highest BCUT2D eigenvalue weighted by Gasteiger charge is 2.45. The van der Waals surface area contributed by atoms with Gasteiger partial charge in [0.05, 0.1) is 23.9 Å². The molecule has 3 rings (SSSR count). The number of nitrogens with one attached hydrogen (secondary N) is 2. The lowest BCUT2D eigenvalue weighted by molar-refractivity contribution is -0.144. The Morgan fingerprint density at radius 1 is 1.00 bits per heavy atom. The molecule has 1 saturated carbocycles. The van der Waals surface area contributed by atoms with Crippen LogP contribution in [0.1, 0.15) is 58.1 Å². The third-order valence-electron chi connectivity index (χ3n) is 5.98. The Morgan fingerprint density at radius 2 is 1.65 bits per heavy atom. The van der Waals surface area contributed by atoms with Crippen LogP contribution in [0.5, 0.6) is 0 Å². The highest BCUT2D eigenvalue weighted by molar-refractivity contribution is 6.02. The number of esters is 1. The monoisotopic (exact) mass is 465 g/mol. The van der Waals surface area contributed by atoms with Crippen molar-refractivity contribution in [2.75, 3.05) is 35.2 Å². The average Bonchev–Trinajstić information content (AvgIpc) is 3.55. The number of para-hydroxylation sites is 1. The van der Waals surface area contributed by atoms with E-state index in [1.807, 2.05) is 44.2 Å². The maximum absolute atomic E-state index is 13.0. The first-order valence-electron chi connectivity index (χ1n) is 12.4. The van der Waals surface area contributed by atoms with E-state index in [0.717, 1.165) is 47.7 Å². The molecule has 6 heteroatoms. The number of nitrogens with zero attached hydrogens (tertiary/aromatic N) is 1.